The molecule has 0 radical (unpaired) electrons. The van der Waals surface area contributed by atoms with Crippen LogP contribution >= 0.6 is 11.3 Å². The zero-order chi connectivity index (χ0) is 20.9. The van der Waals surface area contributed by atoms with Crippen LogP contribution in [0.5, 0.6) is 0 Å². The first kappa shape index (κ1) is 20.2. The van der Waals surface area contributed by atoms with Gasteiger partial charge in [0.2, 0.25) is 0 Å². The van der Waals surface area contributed by atoms with Gasteiger partial charge >= 0.3 is 0 Å². The maximum absolute atomic E-state index is 12.8. The lowest BCUT2D eigenvalue weighted by Crippen LogP contribution is -2.25. The molecule has 1 aliphatic carbocycles. The Morgan fingerprint density at radius 1 is 1.23 bits per heavy atom. The van der Waals surface area contributed by atoms with Crippen LogP contribution in [0.2, 0.25) is 0 Å². The van der Waals surface area contributed by atoms with Crippen molar-refractivity contribution in [1.82, 2.24) is 14.8 Å². The molecule has 0 saturated carbocycles. The Bertz CT molecular complexity index is 1140. The highest BCUT2D eigenvalue weighted by Gasteiger charge is 2.19. The molecule has 30 heavy (non-hydrogen) atoms. The van der Waals surface area contributed by atoms with Crippen LogP contribution in [-0.2, 0) is 11.3 Å². The summed E-state index contributed by atoms with van der Waals surface area (Å²) in [6, 6.07) is 9.74. The standard InChI is InChI=1S/C22H23N5O2S/c1-3-29-19-12-8-7-11-17(19)24-25-21-15(2)26-27(22(21)28)13-20-23-18(14-30-20)16-9-5-4-6-10-16/h4-12,14,17,19,26H,3,13H2,1-2H3. The second-order valence-corrected chi connectivity index (χ2v) is 7.81. The van der Waals surface area contributed by atoms with E-state index in [1.165, 1.54) is 16.0 Å². The SMILES string of the molecule is CCOC1C=CC=CC1N=Nc1c(C)[nH]n(Cc2nc(-c3ccccc3)cs2)c1=O. The number of ether oxygens (including phenoxy) is 1. The number of aromatic amines is 1. The van der Waals surface area contributed by atoms with Gasteiger partial charge in [0.1, 0.15) is 17.2 Å². The van der Waals surface area contributed by atoms with E-state index >= 15 is 0 Å². The Morgan fingerprint density at radius 2 is 2.03 bits per heavy atom. The van der Waals surface area contributed by atoms with Crippen LogP contribution in [0.15, 0.2) is 75.0 Å². The molecule has 2 atom stereocenters. The molecule has 0 fully saturated rings. The van der Waals surface area contributed by atoms with Crippen LogP contribution < -0.4 is 5.56 Å². The van der Waals surface area contributed by atoms with Gasteiger partial charge in [0.15, 0.2) is 5.69 Å². The molecule has 2 aromatic heterocycles. The second-order valence-electron chi connectivity index (χ2n) is 6.87. The Balaban J connectivity index is 1.52. The van der Waals surface area contributed by atoms with Gasteiger partial charge < -0.3 is 4.74 Å². The minimum Gasteiger partial charge on any atom is -0.372 e. The van der Waals surface area contributed by atoms with Gasteiger partial charge in [-0.05, 0) is 13.8 Å². The van der Waals surface area contributed by atoms with Crippen LogP contribution in [-0.4, -0.2) is 33.5 Å². The maximum Gasteiger partial charge on any atom is 0.294 e. The monoisotopic (exact) mass is 421 g/mol. The molecule has 7 nitrogen and oxygen atoms in total. The fourth-order valence-corrected chi connectivity index (χ4v) is 4.03. The smallest absolute Gasteiger partial charge is 0.294 e. The number of aryl methyl sites for hydroxylation is 1. The average Bonchev–Trinajstić information content (AvgIpc) is 3.33. The number of hydrogen-bond donors (Lipinski definition) is 1. The Hall–Kier alpha value is -3.10. The third-order valence-electron chi connectivity index (χ3n) is 4.73. The van der Waals surface area contributed by atoms with Crippen molar-refractivity contribution in [3.8, 4) is 11.3 Å². The van der Waals surface area contributed by atoms with E-state index in [0.717, 1.165) is 16.3 Å². The van der Waals surface area contributed by atoms with Gasteiger partial charge in [-0.3, -0.25) is 9.89 Å². The molecule has 3 aromatic rings. The predicted molar refractivity (Wildman–Crippen MR) is 118 cm³/mol. The van der Waals surface area contributed by atoms with Crippen molar-refractivity contribution in [3.63, 3.8) is 0 Å². The first-order valence-corrected chi connectivity index (χ1v) is 10.7. The normalized spacial score (nSPS) is 18.5. The van der Waals surface area contributed by atoms with Gasteiger partial charge in [-0.1, -0.05) is 54.6 Å². The number of hydrogen-bond acceptors (Lipinski definition) is 6. The molecule has 0 saturated heterocycles. The number of rotatable bonds is 7. The number of nitrogens with one attached hydrogen (secondary N) is 1. The quantitative estimate of drug-likeness (QED) is 0.564. The van der Waals surface area contributed by atoms with E-state index in [2.05, 4.69) is 20.3 Å². The van der Waals surface area contributed by atoms with Crippen molar-refractivity contribution in [3.05, 3.63) is 81.1 Å². The first-order valence-electron chi connectivity index (χ1n) is 9.82. The Morgan fingerprint density at radius 3 is 2.83 bits per heavy atom. The largest absolute Gasteiger partial charge is 0.372 e. The molecule has 0 amide bonds. The molecule has 154 valence electrons. The summed E-state index contributed by atoms with van der Waals surface area (Å²) in [4.78, 5) is 17.5. The molecular formula is C22H23N5O2S. The number of thiazole rings is 1. The lowest BCUT2D eigenvalue weighted by Gasteiger charge is -2.19. The van der Waals surface area contributed by atoms with Crippen molar-refractivity contribution in [2.45, 2.75) is 32.5 Å². The number of aromatic nitrogens is 3. The summed E-state index contributed by atoms with van der Waals surface area (Å²) in [6.45, 7) is 4.71. The fraction of sp³-hybridized carbons (Fsp3) is 0.273. The summed E-state index contributed by atoms with van der Waals surface area (Å²) in [5.74, 6) is 0. The number of allylic oxidation sites excluding steroid dienone is 2. The topological polar surface area (TPSA) is 84.6 Å². The summed E-state index contributed by atoms with van der Waals surface area (Å²) in [6.07, 6.45) is 7.54. The van der Waals surface area contributed by atoms with Crippen LogP contribution in [0.4, 0.5) is 5.69 Å². The van der Waals surface area contributed by atoms with Crippen LogP contribution in [0.3, 0.4) is 0 Å². The van der Waals surface area contributed by atoms with E-state index in [-0.39, 0.29) is 17.7 Å². The maximum atomic E-state index is 12.8. The van der Waals surface area contributed by atoms with Gasteiger partial charge in [0.25, 0.3) is 5.56 Å². The van der Waals surface area contributed by atoms with Crippen LogP contribution in [0.25, 0.3) is 11.3 Å². The molecule has 1 aliphatic rings. The summed E-state index contributed by atoms with van der Waals surface area (Å²) < 4.78 is 7.20. The molecule has 0 spiro atoms. The second kappa shape index (κ2) is 9.15. The molecule has 1 N–H and O–H groups in total. The minimum absolute atomic E-state index is 0.169. The molecule has 2 heterocycles. The lowest BCUT2D eigenvalue weighted by molar-refractivity contribution is 0.0861. The highest BCUT2D eigenvalue weighted by molar-refractivity contribution is 7.09. The van der Waals surface area contributed by atoms with Crippen molar-refractivity contribution < 1.29 is 4.74 Å². The third kappa shape index (κ3) is 4.39. The van der Waals surface area contributed by atoms with Gasteiger partial charge in [0.05, 0.1) is 17.9 Å². The minimum atomic E-state index is -0.246. The lowest BCUT2D eigenvalue weighted by atomic mass is 10.1. The van der Waals surface area contributed by atoms with Crippen LogP contribution in [0, 0.1) is 6.92 Å². The Kier molecular flexibility index (Phi) is 6.15. The molecular weight excluding hydrogens is 398 g/mol. The molecule has 0 bridgehead atoms. The Labute approximate surface area is 178 Å². The van der Waals surface area contributed by atoms with E-state index in [4.69, 9.17) is 4.74 Å². The predicted octanol–water partition coefficient (Wildman–Crippen LogP) is 4.64. The van der Waals surface area contributed by atoms with E-state index in [1.54, 1.807) is 0 Å². The molecule has 1 aromatic carbocycles. The number of benzene rings is 1. The first-order chi connectivity index (χ1) is 14.7. The molecule has 2 unspecified atom stereocenters. The third-order valence-corrected chi connectivity index (χ3v) is 5.56. The number of azo groups is 1. The van der Waals surface area contributed by atoms with Crippen molar-refractivity contribution >= 4 is 17.0 Å². The van der Waals surface area contributed by atoms with Gasteiger partial charge in [0, 0.05) is 17.6 Å². The molecule has 0 aliphatic heterocycles. The van der Waals surface area contributed by atoms with E-state index in [1.807, 2.05) is 73.9 Å². The average molecular weight is 422 g/mol. The van der Waals surface area contributed by atoms with E-state index in [9.17, 15) is 4.79 Å². The zero-order valence-electron chi connectivity index (χ0n) is 16.9. The highest BCUT2D eigenvalue weighted by atomic mass is 32.1. The summed E-state index contributed by atoms with van der Waals surface area (Å²) in [7, 11) is 0. The van der Waals surface area contributed by atoms with Crippen molar-refractivity contribution in [2.24, 2.45) is 10.2 Å². The molecule has 8 heteroatoms. The van der Waals surface area contributed by atoms with Gasteiger partial charge in [-0.2, -0.15) is 5.11 Å². The molecule has 4 rings (SSSR count). The van der Waals surface area contributed by atoms with Gasteiger partial charge in [-0.15, -0.1) is 16.5 Å². The summed E-state index contributed by atoms with van der Waals surface area (Å²) in [5.41, 5.74) is 2.74. The van der Waals surface area contributed by atoms with Crippen molar-refractivity contribution in [1.29, 1.82) is 0 Å². The number of H-pyrrole nitrogens is 1. The van der Waals surface area contributed by atoms with Crippen LogP contribution in [0.1, 0.15) is 17.6 Å². The summed E-state index contributed by atoms with van der Waals surface area (Å²) in [5, 5.41) is 14.5. The summed E-state index contributed by atoms with van der Waals surface area (Å²) >= 11 is 1.53. The highest BCUT2D eigenvalue weighted by Crippen LogP contribution is 2.22. The van der Waals surface area contributed by atoms with Gasteiger partial charge in [-0.25, -0.2) is 9.67 Å². The zero-order valence-corrected chi connectivity index (χ0v) is 17.7. The fourth-order valence-electron chi connectivity index (χ4n) is 3.23. The van der Waals surface area contributed by atoms with E-state index < -0.39 is 0 Å². The van der Waals surface area contributed by atoms with E-state index in [0.29, 0.717) is 24.5 Å². The number of nitrogens with zero attached hydrogens (tertiary/aromatic N) is 4. The van der Waals surface area contributed by atoms with Crippen molar-refractivity contribution in [2.75, 3.05) is 6.61 Å².